The van der Waals surface area contributed by atoms with Crippen molar-refractivity contribution in [3.8, 4) is 0 Å². The van der Waals surface area contributed by atoms with E-state index < -0.39 is 0 Å². The number of nitrogens with one attached hydrogen (secondary N) is 1. The summed E-state index contributed by atoms with van der Waals surface area (Å²) in [7, 11) is 0. The predicted molar refractivity (Wildman–Crippen MR) is 75.8 cm³/mol. The zero-order chi connectivity index (χ0) is 13.5. The number of hydrogen-bond acceptors (Lipinski definition) is 3. The van der Waals surface area contributed by atoms with Crippen LogP contribution in [0.5, 0.6) is 0 Å². The second-order valence-electron chi connectivity index (χ2n) is 4.83. The molecule has 2 aromatic rings. The first-order valence-corrected chi connectivity index (χ1v) is 6.67. The summed E-state index contributed by atoms with van der Waals surface area (Å²) >= 11 is 0. The Labute approximate surface area is 114 Å². The van der Waals surface area contributed by atoms with Crippen LogP contribution in [0.4, 0.5) is 0 Å². The molecular formula is C15H21N3O. The summed E-state index contributed by atoms with van der Waals surface area (Å²) in [6, 6.07) is 10.6. The quantitative estimate of drug-likeness (QED) is 0.797. The Morgan fingerprint density at radius 2 is 2.05 bits per heavy atom. The van der Waals surface area contributed by atoms with E-state index in [1.165, 1.54) is 11.1 Å². The molecule has 2 rings (SSSR count). The molecule has 1 heterocycles. The third kappa shape index (κ3) is 4.50. The molecule has 1 atom stereocenters. The Morgan fingerprint density at radius 1 is 1.26 bits per heavy atom. The van der Waals surface area contributed by atoms with Crippen LogP contribution in [0.1, 0.15) is 24.5 Å². The van der Waals surface area contributed by atoms with E-state index >= 15 is 0 Å². The molecule has 102 valence electrons. The fourth-order valence-electron chi connectivity index (χ4n) is 1.94. The third-order valence-electron chi connectivity index (χ3n) is 3.09. The average Bonchev–Trinajstić information content (AvgIpc) is 2.86. The molecule has 4 nitrogen and oxygen atoms in total. The molecule has 0 radical (unpaired) electrons. The number of nitrogens with zero attached hydrogens (tertiary/aromatic N) is 2. The number of aliphatic hydroxyl groups is 1. The first-order chi connectivity index (χ1) is 9.28. The maximum absolute atomic E-state index is 8.85. The van der Waals surface area contributed by atoms with Crippen molar-refractivity contribution < 1.29 is 5.11 Å². The van der Waals surface area contributed by atoms with E-state index in [1.54, 1.807) is 0 Å². The van der Waals surface area contributed by atoms with Crippen molar-refractivity contribution in [3.05, 3.63) is 53.9 Å². The molecule has 0 bridgehead atoms. The van der Waals surface area contributed by atoms with Gasteiger partial charge in [0, 0.05) is 31.0 Å². The molecule has 0 aliphatic heterocycles. The van der Waals surface area contributed by atoms with Crippen LogP contribution >= 0.6 is 0 Å². The highest BCUT2D eigenvalue weighted by Gasteiger charge is 2.03. The minimum absolute atomic E-state index is 0.224. The van der Waals surface area contributed by atoms with Crippen LogP contribution in [0.3, 0.4) is 0 Å². The van der Waals surface area contributed by atoms with E-state index in [-0.39, 0.29) is 6.61 Å². The second kappa shape index (κ2) is 7.07. The van der Waals surface area contributed by atoms with Gasteiger partial charge in [0.15, 0.2) is 0 Å². The summed E-state index contributed by atoms with van der Waals surface area (Å²) in [5.74, 6) is 0. The number of aromatic nitrogens is 2. The smallest absolute Gasteiger partial charge is 0.0659 e. The van der Waals surface area contributed by atoms with Crippen LogP contribution in [0.25, 0.3) is 0 Å². The van der Waals surface area contributed by atoms with Gasteiger partial charge in [0.25, 0.3) is 0 Å². The van der Waals surface area contributed by atoms with Crippen molar-refractivity contribution in [1.82, 2.24) is 15.1 Å². The molecular weight excluding hydrogens is 238 g/mol. The van der Waals surface area contributed by atoms with Gasteiger partial charge in [-0.25, -0.2) is 0 Å². The molecule has 1 unspecified atom stereocenters. The zero-order valence-corrected chi connectivity index (χ0v) is 11.3. The minimum Gasteiger partial charge on any atom is -0.396 e. The highest BCUT2D eigenvalue weighted by atomic mass is 16.3. The Morgan fingerprint density at radius 3 is 2.79 bits per heavy atom. The van der Waals surface area contributed by atoms with Gasteiger partial charge in [-0.05, 0) is 18.9 Å². The van der Waals surface area contributed by atoms with E-state index in [4.69, 9.17) is 5.11 Å². The molecule has 2 N–H and O–H groups in total. The molecule has 1 aromatic carbocycles. The van der Waals surface area contributed by atoms with Crippen molar-refractivity contribution in [2.24, 2.45) is 0 Å². The summed E-state index contributed by atoms with van der Waals surface area (Å²) in [5.41, 5.74) is 2.42. The normalized spacial score (nSPS) is 12.5. The van der Waals surface area contributed by atoms with Gasteiger partial charge in [0.05, 0.1) is 12.7 Å². The van der Waals surface area contributed by atoms with Crippen molar-refractivity contribution >= 4 is 0 Å². The van der Waals surface area contributed by atoms with Crippen molar-refractivity contribution in [3.63, 3.8) is 0 Å². The molecule has 0 saturated heterocycles. The molecule has 0 aliphatic carbocycles. The van der Waals surface area contributed by atoms with Crippen molar-refractivity contribution in [2.45, 2.75) is 32.5 Å². The topological polar surface area (TPSA) is 50.1 Å². The van der Waals surface area contributed by atoms with E-state index in [9.17, 15) is 0 Å². The molecule has 19 heavy (non-hydrogen) atoms. The van der Waals surface area contributed by atoms with Crippen LogP contribution in [-0.2, 0) is 13.1 Å². The number of rotatable bonds is 7. The maximum Gasteiger partial charge on any atom is 0.0659 e. The van der Waals surface area contributed by atoms with Crippen LogP contribution in [0.2, 0.25) is 0 Å². The van der Waals surface area contributed by atoms with Gasteiger partial charge in [-0.1, -0.05) is 30.3 Å². The maximum atomic E-state index is 8.85. The highest BCUT2D eigenvalue weighted by Crippen LogP contribution is 2.04. The van der Waals surface area contributed by atoms with E-state index in [0.29, 0.717) is 6.04 Å². The van der Waals surface area contributed by atoms with Gasteiger partial charge in [-0.2, -0.15) is 5.10 Å². The summed E-state index contributed by atoms with van der Waals surface area (Å²) in [4.78, 5) is 0. The number of aliphatic hydroxyl groups excluding tert-OH is 1. The first-order valence-electron chi connectivity index (χ1n) is 6.67. The van der Waals surface area contributed by atoms with Gasteiger partial charge in [-0.15, -0.1) is 0 Å². The summed E-state index contributed by atoms with van der Waals surface area (Å²) < 4.78 is 1.95. The van der Waals surface area contributed by atoms with Crippen LogP contribution in [-0.4, -0.2) is 27.5 Å². The Bertz CT molecular complexity index is 481. The monoisotopic (exact) mass is 259 g/mol. The minimum atomic E-state index is 0.224. The van der Waals surface area contributed by atoms with E-state index in [1.807, 2.05) is 29.1 Å². The molecule has 4 heteroatoms. The number of hydrogen-bond donors (Lipinski definition) is 2. The summed E-state index contributed by atoms with van der Waals surface area (Å²) in [6.07, 6.45) is 4.73. The lowest BCUT2D eigenvalue weighted by atomic mass is 10.2. The lowest BCUT2D eigenvalue weighted by Gasteiger charge is -2.10. The number of benzene rings is 1. The van der Waals surface area contributed by atoms with Gasteiger partial charge < -0.3 is 10.4 Å². The predicted octanol–water partition coefficient (Wildman–Crippen LogP) is 1.79. The zero-order valence-electron chi connectivity index (χ0n) is 11.3. The molecule has 0 fully saturated rings. The van der Waals surface area contributed by atoms with E-state index in [0.717, 1.165) is 19.5 Å². The molecule has 0 aliphatic rings. The third-order valence-corrected chi connectivity index (χ3v) is 3.09. The van der Waals surface area contributed by atoms with Crippen LogP contribution in [0.15, 0.2) is 42.7 Å². The Balaban J connectivity index is 1.85. The molecule has 0 amide bonds. The highest BCUT2D eigenvalue weighted by molar-refractivity contribution is 5.15. The lowest BCUT2D eigenvalue weighted by Crippen LogP contribution is -2.26. The second-order valence-corrected chi connectivity index (χ2v) is 4.83. The Kier molecular flexibility index (Phi) is 5.12. The Hall–Kier alpha value is -1.65. The van der Waals surface area contributed by atoms with Gasteiger partial charge in [-0.3, -0.25) is 4.68 Å². The van der Waals surface area contributed by atoms with Gasteiger partial charge in [0.2, 0.25) is 0 Å². The summed E-state index contributed by atoms with van der Waals surface area (Å²) in [5, 5.41) is 16.6. The molecule has 0 saturated carbocycles. The lowest BCUT2D eigenvalue weighted by molar-refractivity contribution is 0.268. The van der Waals surface area contributed by atoms with Crippen molar-refractivity contribution in [2.75, 3.05) is 6.61 Å². The first kappa shape index (κ1) is 13.8. The SMILES string of the molecule is CC(CCO)NCc1cnn(Cc2ccccc2)c1. The van der Waals surface area contributed by atoms with Gasteiger partial charge >= 0.3 is 0 Å². The van der Waals surface area contributed by atoms with Crippen LogP contribution < -0.4 is 5.32 Å². The average molecular weight is 259 g/mol. The fourth-order valence-corrected chi connectivity index (χ4v) is 1.94. The van der Waals surface area contributed by atoms with E-state index in [2.05, 4.69) is 35.7 Å². The molecule has 0 spiro atoms. The van der Waals surface area contributed by atoms with Crippen molar-refractivity contribution in [1.29, 1.82) is 0 Å². The molecule has 1 aromatic heterocycles. The fraction of sp³-hybridized carbons (Fsp3) is 0.400. The van der Waals surface area contributed by atoms with Gasteiger partial charge in [0.1, 0.15) is 0 Å². The van der Waals surface area contributed by atoms with Crippen LogP contribution in [0, 0.1) is 0 Å². The standard InChI is InChI=1S/C15H21N3O/c1-13(7-8-19)16-9-15-10-17-18(12-15)11-14-5-3-2-4-6-14/h2-6,10,12-13,16,19H,7-9,11H2,1H3. The summed E-state index contributed by atoms with van der Waals surface area (Å²) in [6.45, 7) is 3.88. The largest absolute Gasteiger partial charge is 0.396 e.